The van der Waals surface area contributed by atoms with E-state index in [4.69, 9.17) is 12.2 Å². The largest absolute Gasteiger partial charge is 0.391 e. The zero-order valence-corrected chi connectivity index (χ0v) is 15.8. The van der Waals surface area contributed by atoms with Crippen LogP contribution in [0.5, 0.6) is 0 Å². The number of rotatable bonds is 4. The lowest BCUT2D eigenvalue weighted by Crippen LogP contribution is -2.54. The molecule has 6 nitrogen and oxygen atoms in total. The van der Waals surface area contributed by atoms with Crippen molar-refractivity contribution in [3.8, 4) is 12.3 Å². The van der Waals surface area contributed by atoms with Crippen LogP contribution in [-0.2, 0) is 16.1 Å². The molecule has 27 heavy (non-hydrogen) atoms. The lowest BCUT2D eigenvalue weighted by Gasteiger charge is -2.32. The molecular formula is C20H26FN3O3. The summed E-state index contributed by atoms with van der Waals surface area (Å²) in [7, 11) is 0. The number of carbonyl (C=O) groups excluding carboxylic acids is 2. The molecule has 3 atom stereocenters. The molecule has 7 heteroatoms. The van der Waals surface area contributed by atoms with Crippen molar-refractivity contribution in [2.75, 3.05) is 6.54 Å². The SMILES string of the molecule is C#Cc1ccc(CNC(=O)[C@@H]2C[C@@H](O)CN2C(=O)[C@@H](N)C(C)(C)C)c(F)c1. The maximum atomic E-state index is 14.0. The first-order valence-corrected chi connectivity index (χ1v) is 8.81. The van der Waals surface area contributed by atoms with Crippen molar-refractivity contribution in [1.29, 1.82) is 0 Å². The normalized spacial score (nSPS) is 20.9. The molecule has 0 bridgehead atoms. The minimum atomic E-state index is -0.839. The van der Waals surface area contributed by atoms with Crippen molar-refractivity contribution in [3.05, 3.63) is 35.1 Å². The maximum Gasteiger partial charge on any atom is 0.243 e. The van der Waals surface area contributed by atoms with Gasteiger partial charge in [0.2, 0.25) is 11.8 Å². The second kappa shape index (κ2) is 8.07. The number of terminal acetylenes is 1. The average Bonchev–Trinajstić information content (AvgIpc) is 3.00. The zero-order valence-electron chi connectivity index (χ0n) is 15.8. The molecule has 1 fully saturated rings. The van der Waals surface area contributed by atoms with E-state index in [0.717, 1.165) is 0 Å². The van der Waals surface area contributed by atoms with Crippen LogP contribution in [0.15, 0.2) is 18.2 Å². The Bertz CT molecular complexity index is 767. The van der Waals surface area contributed by atoms with Gasteiger partial charge in [0, 0.05) is 30.6 Å². The van der Waals surface area contributed by atoms with Crippen molar-refractivity contribution in [1.82, 2.24) is 10.2 Å². The molecule has 1 aliphatic rings. The van der Waals surface area contributed by atoms with Crippen LogP contribution in [0.2, 0.25) is 0 Å². The number of aliphatic hydroxyl groups is 1. The van der Waals surface area contributed by atoms with Gasteiger partial charge in [-0.15, -0.1) is 6.42 Å². The molecule has 4 N–H and O–H groups in total. The minimum Gasteiger partial charge on any atom is -0.391 e. The molecule has 1 aliphatic heterocycles. The molecule has 1 heterocycles. The Morgan fingerprint density at radius 2 is 2.15 bits per heavy atom. The molecule has 2 rings (SSSR count). The molecule has 0 radical (unpaired) electrons. The Hall–Kier alpha value is -2.43. The maximum absolute atomic E-state index is 14.0. The van der Waals surface area contributed by atoms with Gasteiger partial charge in [0.1, 0.15) is 11.9 Å². The molecule has 1 aromatic carbocycles. The first-order valence-electron chi connectivity index (χ1n) is 8.81. The molecule has 0 aliphatic carbocycles. The Morgan fingerprint density at radius 1 is 1.48 bits per heavy atom. The van der Waals surface area contributed by atoms with Gasteiger partial charge in [0.05, 0.1) is 12.1 Å². The van der Waals surface area contributed by atoms with Gasteiger partial charge in [0.25, 0.3) is 0 Å². The summed E-state index contributed by atoms with van der Waals surface area (Å²) in [5, 5.41) is 12.6. The van der Waals surface area contributed by atoms with Gasteiger partial charge in [-0.05, 0) is 17.5 Å². The summed E-state index contributed by atoms with van der Waals surface area (Å²) in [6.07, 6.45) is 4.54. The average molecular weight is 375 g/mol. The fourth-order valence-corrected chi connectivity index (χ4v) is 2.94. The van der Waals surface area contributed by atoms with E-state index in [0.29, 0.717) is 5.56 Å². The van der Waals surface area contributed by atoms with E-state index in [-0.39, 0.29) is 31.0 Å². The van der Waals surface area contributed by atoms with E-state index in [1.165, 1.54) is 17.0 Å². The van der Waals surface area contributed by atoms with Gasteiger partial charge in [-0.25, -0.2) is 4.39 Å². The predicted octanol–water partition coefficient (Wildman–Crippen LogP) is 0.758. The lowest BCUT2D eigenvalue weighted by molar-refractivity contribution is -0.141. The number of nitrogens with two attached hydrogens (primary N) is 1. The highest BCUT2D eigenvalue weighted by Gasteiger charge is 2.42. The van der Waals surface area contributed by atoms with Crippen LogP contribution in [0.1, 0.15) is 38.3 Å². The molecule has 0 spiro atoms. The Morgan fingerprint density at radius 3 is 2.70 bits per heavy atom. The van der Waals surface area contributed by atoms with Crippen LogP contribution in [0.4, 0.5) is 4.39 Å². The topological polar surface area (TPSA) is 95.7 Å². The second-order valence-electron chi connectivity index (χ2n) is 7.91. The number of carbonyl (C=O) groups is 2. The lowest BCUT2D eigenvalue weighted by atomic mass is 9.86. The number of hydrogen-bond donors (Lipinski definition) is 3. The molecule has 0 aromatic heterocycles. The number of likely N-dealkylation sites (tertiary alicyclic amines) is 1. The van der Waals surface area contributed by atoms with Gasteiger partial charge >= 0.3 is 0 Å². The van der Waals surface area contributed by atoms with E-state index in [1.807, 2.05) is 20.8 Å². The van der Waals surface area contributed by atoms with E-state index >= 15 is 0 Å². The molecule has 0 unspecified atom stereocenters. The first kappa shape index (κ1) is 20.9. The molecule has 2 amide bonds. The summed E-state index contributed by atoms with van der Waals surface area (Å²) in [6, 6.07) is 2.68. The van der Waals surface area contributed by atoms with Crippen molar-refractivity contribution >= 4 is 11.8 Å². The minimum absolute atomic E-state index is 0.0462. The predicted molar refractivity (Wildman–Crippen MR) is 99.7 cm³/mol. The molecule has 1 aromatic rings. The summed E-state index contributed by atoms with van der Waals surface area (Å²) >= 11 is 0. The van der Waals surface area contributed by atoms with E-state index in [9.17, 15) is 19.1 Å². The van der Waals surface area contributed by atoms with Crippen molar-refractivity contribution < 1.29 is 19.1 Å². The number of β-amino-alcohol motifs (C(OH)–C–C–N with tert-alkyl or cyclic N) is 1. The number of benzene rings is 1. The second-order valence-corrected chi connectivity index (χ2v) is 7.91. The van der Waals surface area contributed by atoms with Gasteiger partial charge in [0.15, 0.2) is 0 Å². The number of nitrogens with one attached hydrogen (secondary N) is 1. The molecule has 146 valence electrons. The smallest absolute Gasteiger partial charge is 0.243 e. The fourth-order valence-electron chi connectivity index (χ4n) is 2.94. The van der Waals surface area contributed by atoms with Gasteiger partial charge in [-0.1, -0.05) is 32.8 Å². The van der Waals surface area contributed by atoms with Crippen LogP contribution >= 0.6 is 0 Å². The molecular weight excluding hydrogens is 349 g/mol. The van der Waals surface area contributed by atoms with E-state index < -0.39 is 35.3 Å². The highest BCUT2D eigenvalue weighted by Crippen LogP contribution is 2.25. The highest BCUT2D eigenvalue weighted by molar-refractivity contribution is 5.90. The number of amides is 2. The third kappa shape index (κ3) is 4.85. The van der Waals surface area contributed by atoms with Crippen LogP contribution in [0.3, 0.4) is 0 Å². The first-order chi connectivity index (χ1) is 12.5. The third-order valence-electron chi connectivity index (χ3n) is 4.74. The summed E-state index contributed by atoms with van der Waals surface area (Å²) in [5.74, 6) is 0.983. The summed E-state index contributed by atoms with van der Waals surface area (Å²) in [4.78, 5) is 26.6. The number of nitrogens with zero attached hydrogens (tertiary/aromatic N) is 1. The van der Waals surface area contributed by atoms with Crippen LogP contribution in [0, 0.1) is 23.6 Å². The van der Waals surface area contributed by atoms with Crippen LogP contribution < -0.4 is 11.1 Å². The summed E-state index contributed by atoms with van der Waals surface area (Å²) in [6.45, 7) is 5.50. The zero-order chi connectivity index (χ0) is 20.4. The van der Waals surface area contributed by atoms with Gasteiger partial charge < -0.3 is 21.1 Å². The van der Waals surface area contributed by atoms with Crippen LogP contribution in [-0.4, -0.2) is 46.6 Å². The monoisotopic (exact) mass is 375 g/mol. The third-order valence-corrected chi connectivity index (χ3v) is 4.74. The fraction of sp³-hybridized carbons (Fsp3) is 0.500. The van der Waals surface area contributed by atoms with Crippen molar-refractivity contribution in [2.24, 2.45) is 11.1 Å². The molecule has 0 saturated carbocycles. The standard InChI is InChI=1S/C20H26FN3O3/c1-5-12-6-7-13(15(21)8-12)10-23-18(26)16-9-14(25)11-24(16)19(27)17(22)20(2,3)4/h1,6-8,14,16-17,25H,9-11,22H2,2-4H3,(H,23,26)/t14-,16+,17-/m1/s1. The van der Waals surface area contributed by atoms with Crippen molar-refractivity contribution in [3.63, 3.8) is 0 Å². The number of hydrogen-bond acceptors (Lipinski definition) is 4. The van der Waals surface area contributed by atoms with Crippen molar-refractivity contribution in [2.45, 2.75) is 51.9 Å². The molecule has 1 saturated heterocycles. The van der Waals surface area contributed by atoms with Gasteiger partial charge in [-0.3, -0.25) is 9.59 Å². The Kier molecular flexibility index (Phi) is 6.24. The van der Waals surface area contributed by atoms with Crippen LogP contribution in [0.25, 0.3) is 0 Å². The highest BCUT2D eigenvalue weighted by atomic mass is 19.1. The Labute approximate surface area is 158 Å². The number of aliphatic hydroxyl groups excluding tert-OH is 1. The quantitative estimate of drug-likeness (QED) is 0.677. The van der Waals surface area contributed by atoms with E-state index in [1.54, 1.807) is 6.07 Å². The summed E-state index contributed by atoms with van der Waals surface area (Å²) < 4.78 is 14.0. The number of halogens is 1. The summed E-state index contributed by atoms with van der Waals surface area (Å²) in [5.41, 5.74) is 6.24. The Balaban J connectivity index is 2.07. The van der Waals surface area contributed by atoms with Gasteiger partial charge in [-0.2, -0.15) is 0 Å². The van der Waals surface area contributed by atoms with E-state index in [2.05, 4.69) is 11.2 Å².